The van der Waals surface area contributed by atoms with E-state index in [-0.39, 0.29) is 17.1 Å². The van der Waals surface area contributed by atoms with E-state index in [1.807, 2.05) is 56.3 Å². The van der Waals surface area contributed by atoms with E-state index in [0.29, 0.717) is 11.7 Å². The molecule has 2 aromatic carbocycles. The Kier molecular flexibility index (Phi) is 4.71. The molecule has 24 heavy (non-hydrogen) atoms. The molecular weight excluding hydrogens is 322 g/mol. The second-order valence-corrected chi connectivity index (χ2v) is 6.65. The Morgan fingerprint density at radius 3 is 2.75 bits per heavy atom. The maximum atomic E-state index is 12.9. The second-order valence-electron chi connectivity index (χ2n) is 5.34. The minimum atomic E-state index is -0.320. The largest absolute Gasteiger partial charge is 0.368 e. The lowest BCUT2D eigenvalue weighted by atomic mass is 10.1. The van der Waals surface area contributed by atoms with Crippen LogP contribution in [0.15, 0.2) is 47.6 Å². The van der Waals surface area contributed by atoms with Crippen LogP contribution in [-0.4, -0.2) is 32.9 Å². The first-order valence-corrected chi connectivity index (χ1v) is 8.61. The summed E-state index contributed by atoms with van der Waals surface area (Å²) in [7, 11) is 0. The molecule has 0 aliphatic carbocycles. The highest BCUT2D eigenvalue weighted by atomic mass is 32.2. The van der Waals surface area contributed by atoms with Crippen molar-refractivity contribution in [3.8, 4) is 0 Å². The van der Waals surface area contributed by atoms with Crippen LogP contribution in [0.2, 0.25) is 0 Å². The fourth-order valence-corrected chi connectivity index (χ4v) is 3.42. The maximum absolute atomic E-state index is 12.9. The van der Waals surface area contributed by atoms with E-state index in [1.165, 1.54) is 11.8 Å². The predicted molar refractivity (Wildman–Crippen MR) is 98.1 cm³/mol. The zero-order valence-corrected chi connectivity index (χ0v) is 14.4. The third kappa shape index (κ3) is 3.21. The second kappa shape index (κ2) is 6.92. The van der Waals surface area contributed by atoms with Crippen LogP contribution in [0.3, 0.4) is 0 Å². The van der Waals surface area contributed by atoms with Crippen molar-refractivity contribution in [1.29, 1.82) is 0 Å². The molecule has 0 spiro atoms. The van der Waals surface area contributed by atoms with Gasteiger partial charge in [-0.2, -0.15) is 4.98 Å². The normalized spacial score (nSPS) is 12.2. The number of nitrogens with one attached hydrogen (secondary N) is 1. The van der Waals surface area contributed by atoms with Gasteiger partial charge in [0, 0.05) is 11.9 Å². The van der Waals surface area contributed by atoms with Crippen molar-refractivity contribution in [3.05, 3.63) is 42.5 Å². The number of amides is 1. The average Bonchev–Trinajstić information content (AvgIpc) is 3.00. The molecule has 6 nitrogen and oxygen atoms in total. The van der Waals surface area contributed by atoms with Gasteiger partial charge in [0.05, 0.1) is 10.9 Å². The van der Waals surface area contributed by atoms with Gasteiger partial charge in [0.2, 0.25) is 17.0 Å². The van der Waals surface area contributed by atoms with Crippen LogP contribution in [0, 0.1) is 0 Å². The van der Waals surface area contributed by atoms with E-state index >= 15 is 0 Å². The summed E-state index contributed by atoms with van der Waals surface area (Å²) in [5, 5.41) is 8.89. The number of carbonyl (C=O) groups is 1. The van der Waals surface area contributed by atoms with Crippen LogP contribution in [0.1, 0.15) is 13.8 Å². The fraction of sp³-hybridized carbons (Fsp3) is 0.235. The third-order valence-electron chi connectivity index (χ3n) is 3.75. The zero-order valence-electron chi connectivity index (χ0n) is 13.6. The number of H-pyrrole nitrogens is 1. The lowest BCUT2D eigenvalue weighted by Crippen LogP contribution is -2.36. The topological polar surface area (TPSA) is 87.9 Å². The quantitative estimate of drug-likeness (QED) is 0.696. The number of nitrogens with two attached hydrogens (primary N) is 1. The summed E-state index contributed by atoms with van der Waals surface area (Å²) in [5.74, 6) is 0.265. The van der Waals surface area contributed by atoms with Gasteiger partial charge in [0.25, 0.3) is 0 Å². The van der Waals surface area contributed by atoms with Crippen LogP contribution in [0.5, 0.6) is 0 Å². The van der Waals surface area contributed by atoms with E-state index in [0.717, 1.165) is 16.5 Å². The summed E-state index contributed by atoms with van der Waals surface area (Å²) < 4.78 is 0. The van der Waals surface area contributed by atoms with Crippen molar-refractivity contribution in [2.75, 3.05) is 17.2 Å². The summed E-state index contributed by atoms with van der Waals surface area (Å²) >= 11 is 1.29. The molecule has 7 heteroatoms. The molecule has 1 heterocycles. The number of anilines is 2. The number of aromatic nitrogens is 3. The van der Waals surface area contributed by atoms with Gasteiger partial charge in [-0.3, -0.25) is 4.79 Å². The highest BCUT2D eigenvalue weighted by Gasteiger charge is 2.24. The smallest absolute Gasteiger partial charge is 0.240 e. The van der Waals surface area contributed by atoms with Gasteiger partial charge in [-0.05, 0) is 25.3 Å². The third-order valence-corrected chi connectivity index (χ3v) is 4.70. The first-order chi connectivity index (χ1) is 11.6. The molecule has 1 aromatic heterocycles. The predicted octanol–water partition coefficient (Wildman–Crippen LogP) is 3.07. The monoisotopic (exact) mass is 341 g/mol. The molecule has 0 bridgehead atoms. The molecule has 0 saturated heterocycles. The van der Waals surface area contributed by atoms with Crippen LogP contribution >= 0.6 is 11.8 Å². The molecule has 1 amide bonds. The van der Waals surface area contributed by atoms with Gasteiger partial charge in [-0.15, -0.1) is 5.10 Å². The Balaban J connectivity index is 1.88. The standard InChI is InChI=1S/C17H19N5OS/c1-3-22(14-10-6-8-12-7-4-5-9-13(12)14)15(23)11(2)24-17-19-16(18)20-21-17/h4-11H,3H2,1-2H3,(H3,18,19,20,21)/t11-/m0/s1. The number of benzene rings is 2. The fourth-order valence-electron chi connectivity index (χ4n) is 2.63. The van der Waals surface area contributed by atoms with E-state index < -0.39 is 0 Å². The van der Waals surface area contributed by atoms with Crippen LogP contribution in [0.4, 0.5) is 11.6 Å². The van der Waals surface area contributed by atoms with Crippen molar-refractivity contribution in [2.24, 2.45) is 0 Å². The summed E-state index contributed by atoms with van der Waals surface area (Å²) in [6, 6.07) is 14.1. The van der Waals surface area contributed by atoms with Gasteiger partial charge in [0.15, 0.2) is 0 Å². The molecule has 0 radical (unpaired) electrons. The van der Waals surface area contributed by atoms with Crippen molar-refractivity contribution in [2.45, 2.75) is 24.3 Å². The van der Waals surface area contributed by atoms with Crippen molar-refractivity contribution in [1.82, 2.24) is 15.2 Å². The van der Waals surface area contributed by atoms with Gasteiger partial charge in [-0.25, -0.2) is 5.10 Å². The van der Waals surface area contributed by atoms with Gasteiger partial charge >= 0.3 is 0 Å². The maximum Gasteiger partial charge on any atom is 0.240 e. The Morgan fingerprint density at radius 2 is 2.04 bits per heavy atom. The van der Waals surface area contributed by atoms with Gasteiger partial charge in [-0.1, -0.05) is 48.2 Å². The minimum absolute atomic E-state index is 0.0159. The number of aromatic amines is 1. The molecule has 0 unspecified atom stereocenters. The van der Waals surface area contributed by atoms with Crippen molar-refractivity contribution < 1.29 is 4.79 Å². The summed E-state index contributed by atoms with van der Waals surface area (Å²) in [4.78, 5) is 18.8. The SMILES string of the molecule is CCN(C(=O)[C@H](C)Sc1n[nH]c(N)n1)c1cccc2ccccc12. The van der Waals surface area contributed by atoms with E-state index in [9.17, 15) is 4.79 Å². The molecule has 0 saturated carbocycles. The Hall–Kier alpha value is -2.54. The highest BCUT2D eigenvalue weighted by molar-refractivity contribution is 8.00. The Labute approximate surface area is 144 Å². The van der Waals surface area contributed by atoms with Crippen LogP contribution in [0.25, 0.3) is 10.8 Å². The highest BCUT2D eigenvalue weighted by Crippen LogP contribution is 2.29. The molecular formula is C17H19N5OS. The number of thioether (sulfide) groups is 1. The summed E-state index contributed by atoms with van der Waals surface area (Å²) in [5.41, 5.74) is 6.45. The lowest BCUT2D eigenvalue weighted by Gasteiger charge is -2.25. The van der Waals surface area contributed by atoms with Gasteiger partial charge < -0.3 is 10.6 Å². The molecule has 3 aromatic rings. The molecule has 3 N–H and O–H groups in total. The number of hydrogen-bond donors (Lipinski definition) is 2. The van der Waals surface area contributed by atoms with E-state index in [4.69, 9.17) is 5.73 Å². The molecule has 3 rings (SSSR count). The number of nitrogens with zero attached hydrogens (tertiary/aromatic N) is 3. The first kappa shape index (κ1) is 16.3. The van der Waals surface area contributed by atoms with E-state index in [2.05, 4.69) is 15.2 Å². The van der Waals surface area contributed by atoms with Gasteiger partial charge in [0.1, 0.15) is 0 Å². The van der Waals surface area contributed by atoms with Crippen molar-refractivity contribution in [3.63, 3.8) is 0 Å². The molecule has 0 aliphatic heterocycles. The Morgan fingerprint density at radius 1 is 1.29 bits per heavy atom. The van der Waals surface area contributed by atoms with Crippen LogP contribution in [-0.2, 0) is 4.79 Å². The minimum Gasteiger partial charge on any atom is -0.368 e. The molecule has 124 valence electrons. The van der Waals surface area contributed by atoms with Crippen molar-refractivity contribution >= 4 is 40.1 Å². The number of rotatable bonds is 5. The van der Waals surface area contributed by atoms with E-state index in [1.54, 1.807) is 4.90 Å². The molecule has 1 atom stereocenters. The lowest BCUT2D eigenvalue weighted by molar-refractivity contribution is -0.117. The summed E-state index contributed by atoms with van der Waals surface area (Å²) in [6.07, 6.45) is 0. The number of hydrogen-bond acceptors (Lipinski definition) is 5. The number of nitrogen functional groups attached to an aromatic ring is 1. The van der Waals surface area contributed by atoms with Crippen LogP contribution < -0.4 is 10.6 Å². The summed E-state index contributed by atoms with van der Waals surface area (Å²) in [6.45, 7) is 4.42. The number of fused-ring (bicyclic) bond motifs is 1. The zero-order chi connectivity index (χ0) is 17.1. The first-order valence-electron chi connectivity index (χ1n) is 7.73. The average molecular weight is 341 g/mol. The molecule has 0 fully saturated rings. The Bertz CT molecular complexity index is 858. The molecule has 0 aliphatic rings. The number of carbonyl (C=O) groups excluding carboxylic acids is 1.